The van der Waals surface area contributed by atoms with Crippen LogP contribution in [0.2, 0.25) is 0 Å². The highest BCUT2D eigenvalue weighted by atomic mass is 16.4. The Morgan fingerprint density at radius 1 is 0.778 bits per heavy atom. The summed E-state index contributed by atoms with van der Waals surface area (Å²) in [4.78, 5) is 33.0. The monoisotopic (exact) mass is 254 g/mol. The van der Waals surface area contributed by atoms with Crippen LogP contribution in [0.5, 0.6) is 0 Å². The molecular formula is C14H22O4. The second kappa shape index (κ2) is 10.9. The van der Waals surface area contributed by atoms with Crippen LogP contribution in [0.1, 0.15) is 64.2 Å². The van der Waals surface area contributed by atoms with E-state index in [9.17, 15) is 14.4 Å². The van der Waals surface area contributed by atoms with Gasteiger partial charge in [-0.05, 0) is 32.6 Å². The Morgan fingerprint density at radius 2 is 1.28 bits per heavy atom. The van der Waals surface area contributed by atoms with Gasteiger partial charge in [0.1, 0.15) is 11.6 Å². The summed E-state index contributed by atoms with van der Waals surface area (Å²) in [6.45, 7) is 5.31. The molecule has 1 N–H and O–H groups in total. The SMILES string of the molecule is [CH]CCCCC(=O)CC(=O)CCCCCC(=O)O. The first kappa shape index (κ1) is 16.8. The fraction of sp³-hybridized carbons (Fsp3) is 0.714. The van der Waals surface area contributed by atoms with E-state index in [2.05, 4.69) is 0 Å². The Morgan fingerprint density at radius 3 is 1.78 bits per heavy atom. The molecule has 0 saturated heterocycles. The fourth-order valence-electron chi connectivity index (χ4n) is 1.64. The van der Waals surface area contributed by atoms with Crippen LogP contribution in [0, 0.1) is 6.92 Å². The lowest BCUT2D eigenvalue weighted by atomic mass is 10.0. The van der Waals surface area contributed by atoms with Gasteiger partial charge >= 0.3 is 5.97 Å². The zero-order valence-corrected chi connectivity index (χ0v) is 10.8. The highest BCUT2D eigenvalue weighted by Crippen LogP contribution is 2.07. The van der Waals surface area contributed by atoms with Gasteiger partial charge in [-0.3, -0.25) is 14.4 Å². The molecule has 0 heterocycles. The molecule has 0 atom stereocenters. The quantitative estimate of drug-likeness (QED) is 0.429. The molecule has 2 radical (unpaired) electrons. The summed E-state index contributed by atoms with van der Waals surface area (Å²) < 4.78 is 0. The van der Waals surface area contributed by atoms with Crippen molar-refractivity contribution in [1.82, 2.24) is 0 Å². The lowest BCUT2D eigenvalue weighted by Crippen LogP contribution is -2.07. The summed E-state index contributed by atoms with van der Waals surface area (Å²) in [5, 5.41) is 8.42. The maximum absolute atomic E-state index is 11.4. The first-order chi connectivity index (χ1) is 8.56. The molecule has 0 aromatic heterocycles. The summed E-state index contributed by atoms with van der Waals surface area (Å²) in [6.07, 6.45) is 5.09. The van der Waals surface area contributed by atoms with Gasteiger partial charge in [-0.15, -0.1) is 0 Å². The van der Waals surface area contributed by atoms with Crippen LogP contribution in [0.3, 0.4) is 0 Å². The fourth-order valence-corrected chi connectivity index (χ4v) is 1.64. The number of aliphatic carboxylic acids is 1. The topological polar surface area (TPSA) is 71.4 Å². The minimum absolute atomic E-state index is 0.0148. The molecule has 18 heavy (non-hydrogen) atoms. The number of carbonyl (C=O) groups is 3. The summed E-state index contributed by atoms with van der Waals surface area (Å²) in [5.41, 5.74) is 0. The van der Waals surface area contributed by atoms with Crippen molar-refractivity contribution in [3.05, 3.63) is 6.92 Å². The predicted octanol–water partition coefficient (Wildman–Crippen LogP) is 2.82. The summed E-state index contributed by atoms with van der Waals surface area (Å²) >= 11 is 0. The number of ketones is 2. The molecule has 0 aliphatic rings. The van der Waals surface area contributed by atoms with E-state index in [1.807, 2.05) is 0 Å². The second-order valence-corrected chi connectivity index (χ2v) is 4.45. The molecule has 0 fully saturated rings. The van der Waals surface area contributed by atoms with Crippen LogP contribution in [-0.2, 0) is 14.4 Å². The van der Waals surface area contributed by atoms with Crippen molar-refractivity contribution in [2.45, 2.75) is 64.2 Å². The third kappa shape index (κ3) is 11.3. The zero-order chi connectivity index (χ0) is 13.8. The van der Waals surface area contributed by atoms with Gasteiger partial charge in [0.05, 0.1) is 6.42 Å². The molecule has 0 spiro atoms. The third-order valence-electron chi connectivity index (χ3n) is 2.65. The van der Waals surface area contributed by atoms with Gasteiger partial charge in [0.25, 0.3) is 0 Å². The van der Waals surface area contributed by atoms with Crippen LogP contribution in [-0.4, -0.2) is 22.6 Å². The highest BCUT2D eigenvalue weighted by Gasteiger charge is 2.09. The number of hydrogen-bond donors (Lipinski definition) is 1. The molecular weight excluding hydrogens is 232 g/mol. The van der Waals surface area contributed by atoms with E-state index in [1.165, 1.54) is 0 Å². The molecule has 0 saturated carbocycles. The number of Topliss-reactive ketones (excluding diaryl/α,β-unsaturated/α-hetero) is 2. The summed E-state index contributed by atoms with van der Waals surface area (Å²) in [6, 6.07) is 0. The summed E-state index contributed by atoms with van der Waals surface area (Å²) in [5.74, 6) is -0.863. The molecule has 4 heteroatoms. The average Bonchev–Trinajstić information content (AvgIpc) is 2.28. The molecule has 0 aromatic rings. The second-order valence-electron chi connectivity index (χ2n) is 4.45. The van der Waals surface area contributed by atoms with Crippen molar-refractivity contribution < 1.29 is 19.5 Å². The number of rotatable bonds is 12. The van der Waals surface area contributed by atoms with Crippen LogP contribution in [0.25, 0.3) is 0 Å². The van der Waals surface area contributed by atoms with Crippen molar-refractivity contribution in [1.29, 1.82) is 0 Å². The maximum Gasteiger partial charge on any atom is 0.303 e. The zero-order valence-electron chi connectivity index (χ0n) is 10.8. The standard InChI is InChI=1S/C14H22O4/c1-2-3-5-8-12(15)11-13(16)9-6-4-7-10-14(17)18/h1H,2-11H2,(H,17,18). The van der Waals surface area contributed by atoms with Crippen molar-refractivity contribution in [2.24, 2.45) is 0 Å². The summed E-state index contributed by atoms with van der Waals surface area (Å²) in [7, 11) is 0. The van der Waals surface area contributed by atoms with Gasteiger partial charge in [0.2, 0.25) is 0 Å². The Labute approximate surface area is 109 Å². The van der Waals surface area contributed by atoms with E-state index >= 15 is 0 Å². The smallest absolute Gasteiger partial charge is 0.303 e. The van der Waals surface area contributed by atoms with Crippen LogP contribution >= 0.6 is 0 Å². The molecule has 0 amide bonds. The van der Waals surface area contributed by atoms with Gasteiger partial charge in [0.15, 0.2) is 0 Å². The van der Waals surface area contributed by atoms with Gasteiger partial charge in [-0.1, -0.05) is 12.8 Å². The molecule has 4 nitrogen and oxygen atoms in total. The molecule has 0 bridgehead atoms. The number of carboxylic acids is 1. The Balaban J connectivity index is 3.46. The number of carbonyl (C=O) groups excluding carboxylic acids is 2. The van der Waals surface area contributed by atoms with Crippen LogP contribution in [0.15, 0.2) is 0 Å². The molecule has 0 unspecified atom stereocenters. The van der Waals surface area contributed by atoms with Crippen molar-refractivity contribution in [3.8, 4) is 0 Å². The molecule has 0 aromatic carbocycles. The average molecular weight is 254 g/mol. The number of hydrogen-bond acceptors (Lipinski definition) is 3. The van der Waals surface area contributed by atoms with E-state index in [0.29, 0.717) is 32.1 Å². The van der Waals surface area contributed by atoms with Crippen molar-refractivity contribution >= 4 is 17.5 Å². The number of carboxylic acid groups (broad SMARTS) is 1. The molecule has 0 aliphatic heterocycles. The first-order valence-corrected chi connectivity index (χ1v) is 6.51. The lowest BCUT2D eigenvalue weighted by molar-refractivity contribution is -0.137. The van der Waals surface area contributed by atoms with Gasteiger partial charge in [0, 0.05) is 19.3 Å². The van der Waals surface area contributed by atoms with E-state index in [1.54, 1.807) is 0 Å². The van der Waals surface area contributed by atoms with Crippen molar-refractivity contribution in [3.63, 3.8) is 0 Å². The predicted molar refractivity (Wildman–Crippen MR) is 68.1 cm³/mol. The first-order valence-electron chi connectivity index (χ1n) is 6.51. The Bertz CT molecular complexity index is 271. The minimum atomic E-state index is -0.809. The Kier molecular flexibility index (Phi) is 10.2. The van der Waals surface area contributed by atoms with Gasteiger partial charge < -0.3 is 5.11 Å². The highest BCUT2D eigenvalue weighted by molar-refractivity contribution is 5.98. The molecule has 0 rings (SSSR count). The van der Waals surface area contributed by atoms with Crippen LogP contribution in [0.4, 0.5) is 0 Å². The van der Waals surface area contributed by atoms with Gasteiger partial charge in [-0.2, -0.15) is 0 Å². The van der Waals surface area contributed by atoms with E-state index < -0.39 is 5.97 Å². The van der Waals surface area contributed by atoms with Crippen molar-refractivity contribution in [2.75, 3.05) is 0 Å². The van der Waals surface area contributed by atoms with Gasteiger partial charge in [-0.25, -0.2) is 0 Å². The largest absolute Gasteiger partial charge is 0.481 e. The Hall–Kier alpha value is -1.19. The maximum atomic E-state index is 11.4. The number of unbranched alkanes of at least 4 members (excludes halogenated alkanes) is 4. The normalized spacial score (nSPS) is 10.3. The van der Waals surface area contributed by atoms with E-state index in [4.69, 9.17) is 12.0 Å². The molecule has 0 aliphatic carbocycles. The van der Waals surface area contributed by atoms with E-state index in [0.717, 1.165) is 19.3 Å². The molecule has 102 valence electrons. The van der Waals surface area contributed by atoms with Crippen LogP contribution < -0.4 is 0 Å². The lowest BCUT2D eigenvalue weighted by Gasteiger charge is -2.01. The third-order valence-corrected chi connectivity index (χ3v) is 2.65. The minimum Gasteiger partial charge on any atom is -0.481 e. The van der Waals surface area contributed by atoms with E-state index in [-0.39, 0.29) is 24.4 Å².